The second-order valence-corrected chi connectivity index (χ2v) is 5.53. The highest BCUT2D eigenvalue weighted by Gasteiger charge is 2.33. The number of carbonyl (C=O) groups is 1. The third-order valence-corrected chi connectivity index (χ3v) is 3.35. The van der Waals surface area contributed by atoms with Crippen LogP contribution in [0, 0.1) is 12.8 Å². The monoisotopic (exact) mass is 247 g/mol. The molecule has 2 rings (SSSR count). The largest absolute Gasteiger partial charge is 0.508 e. The molecule has 0 heterocycles. The third kappa shape index (κ3) is 2.66. The van der Waals surface area contributed by atoms with Crippen LogP contribution in [0.3, 0.4) is 0 Å². The van der Waals surface area contributed by atoms with E-state index in [0.29, 0.717) is 23.1 Å². The lowest BCUT2D eigenvalue weighted by Crippen LogP contribution is -2.36. The molecule has 0 bridgehead atoms. The molecule has 98 valence electrons. The van der Waals surface area contributed by atoms with Crippen molar-refractivity contribution in [2.24, 2.45) is 5.92 Å². The number of nitrogens with zero attached hydrogens (tertiary/aromatic N) is 1. The van der Waals surface area contributed by atoms with Gasteiger partial charge in [-0.05, 0) is 37.8 Å². The maximum absolute atomic E-state index is 12.5. The predicted molar refractivity (Wildman–Crippen MR) is 71.7 cm³/mol. The molecule has 1 saturated carbocycles. The minimum Gasteiger partial charge on any atom is -0.508 e. The van der Waals surface area contributed by atoms with Crippen LogP contribution in [0.5, 0.6) is 5.75 Å². The lowest BCUT2D eigenvalue weighted by Gasteiger charge is -2.25. The van der Waals surface area contributed by atoms with Gasteiger partial charge in [-0.15, -0.1) is 0 Å². The summed E-state index contributed by atoms with van der Waals surface area (Å²) >= 11 is 0. The van der Waals surface area contributed by atoms with Crippen LogP contribution in [-0.2, 0) is 0 Å². The van der Waals surface area contributed by atoms with Gasteiger partial charge in [0.2, 0.25) is 0 Å². The molecule has 1 fully saturated rings. The summed E-state index contributed by atoms with van der Waals surface area (Å²) in [5.74, 6) is 0.716. The maximum atomic E-state index is 12.5. The fourth-order valence-corrected chi connectivity index (χ4v) is 2.19. The van der Waals surface area contributed by atoms with E-state index in [9.17, 15) is 9.90 Å². The summed E-state index contributed by atoms with van der Waals surface area (Å²) in [5, 5.41) is 9.70. The molecule has 18 heavy (non-hydrogen) atoms. The van der Waals surface area contributed by atoms with Gasteiger partial charge in [-0.3, -0.25) is 4.79 Å². The fraction of sp³-hybridized carbons (Fsp3) is 0.533. The van der Waals surface area contributed by atoms with Crippen molar-refractivity contribution in [3.8, 4) is 5.75 Å². The minimum atomic E-state index is 0.0552. The van der Waals surface area contributed by atoms with Crippen molar-refractivity contribution in [1.82, 2.24) is 4.90 Å². The molecule has 1 aromatic carbocycles. The highest BCUT2D eigenvalue weighted by atomic mass is 16.3. The highest BCUT2D eigenvalue weighted by Crippen LogP contribution is 2.30. The van der Waals surface area contributed by atoms with E-state index in [0.717, 1.165) is 19.4 Å². The molecule has 1 amide bonds. The smallest absolute Gasteiger partial charge is 0.254 e. The van der Waals surface area contributed by atoms with Crippen LogP contribution in [0.1, 0.15) is 42.6 Å². The Bertz CT molecular complexity index is 450. The summed E-state index contributed by atoms with van der Waals surface area (Å²) in [6, 6.07) is 5.56. The first kappa shape index (κ1) is 12.9. The van der Waals surface area contributed by atoms with Crippen molar-refractivity contribution >= 4 is 5.91 Å². The summed E-state index contributed by atoms with van der Waals surface area (Å²) in [4.78, 5) is 14.5. The second kappa shape index (κ2) is 5.01. The topological polar surface area (TPSA) is 40.5 Å². The van der Waals surface area contributed by atoms with Crippen LogP contribution in [0.25, 0.3) is 0 Å². The zero-order valence-electron chi connectivity index (χ0n) is 11.3. The van der Waals surface area contributed by atoms with Crippen molar-refractivity contribution in [3.63, 3.8) is 0 Å². The Morgan fingerprint density at radius 2 is 2.11 bits per heavy atom. The number of hydrogen-bond acceptors (Lipinski definition) is 2. The molecule has 0 aliphatic heterocycles. The van der Waals surface area contributed by atoms with Crippen LogP contribution in [0.15, 0.2) is 18.2 Å². The normalized spacial score (nSPS) is 14.9. The summed E-state index contributed by atoms with van der Waals surface area (Å²) in [6.45, 7) is 6.83. The van der Waals surface area contributed by atoms with E-state index in [1.54, 1.807) is 25.1 Å². The van der Waals surface area contributed by atoms with Crippen molar-refractivity contribution in [1.29, 1.82) is 0 Å². The Kier molecular flexibility index (Phi) is 3.60. The van der Waals surface area contributed by atoms with Gasteiger partial charge in [-0.25, -0.2) is 0 Å². The van der Waals surface area contributed by atoms with Crippen molar-refractivity contribution in [2.45, 2.75) is 39.7 Å². The van der Waals surface area contributed by atoms with E-state index in [4.69, 9.17) is 0 Å². The van der Waals surface area contributed by atoms with Crippen LogP contribution in [0.4, 0.5) is 0 Å². The Morgan fingerprint density at radius 1 is 1.44 bits per heavy atom. The van der Waals surface area contributed by atoms with Crippen molar-refractivity contribution < 1.29 is 9.90 Å². The highest BCUT2D eigenvalue weighted by molar-refractivity contribution is 5.96. The molecule has 0 saturated heterocycles. The zero-order chi connectivity index (χ0) is 13.3. The number of hydrogen-bond donors (Lipinski definition) is 1. The Balaban J connectivity index is 2.25. The zero-order valence-corrected chi connectivity index (χ0v) is 11.3. The van der Waals surface area contributed by atoms with Crippen molar-refractivity contribution in [2.75, 3.05) is 6.54 Å². The van der Waals surface area contributed by atoms with Gasteiger partial charge >= 0.3 is 0 Å². The van der Waals surface area contributed by atoms with Gasteiger partial charge in [0, 0.05) is 23.7 Å². The number of carbonyl (C=O) groups excluding carboxylic acids is 1. The van der Waals surface area contributed by atoms with Gasteiger partial charge in [0.05, 0.1) is 0 Å². The summed E-state index contributed by atoms with van der Waals surface area (Å²) < 4.78 is 0. The number of amides is 1. The molecule has 1 aliphatic carbocycles. The molecule has 0 atom stereocenters. The molecule has 0 aromatic heterocycles. The first-order chi connectivity index (χ1) is 8.50. The number of rotatable bonds is 4. The number of phenolic OH excluding ortho intramolecular Hbond substituents is 1. The Hall–Kier alpha value is -1.51. The molecule has 1 aromatic rings. The van der Waals surface area contributed by atoms with Gasteiger partial charge in [0.25, 0.3) is 5.91 Å². The van der Waals surface area contributed by atoms with E-state index in [-0.39, 0.29) is 11.7 Å². The lowest BCUT2D eigenvalue weighted by atomic mass is 10.1. The van der Waals surface area contributed by atoms with E-state index < -0.39 is 0 Å². The van der Waals surface area contributed by atoms with Gasteiger partial charge < -0.3 is 10.0 Å². The summed E-state index contributed by atoms with van der Waals surface area (Å²) in [5.41, 5.74) is 1.31. The molecule has 0 radical (unpaired) electrons. The second-order valence-electron chi connectivity index (χ2n) is 5.53. The van der Waals surface area contributed by atoms with Gasteiger partial charge in [0.1, 0.15) is 5.75 Å². The maximum Gasteiger partial charge on any atom is 0.254 e. The Labute approximate surface area is 108 Å². The van der Waals surface area contributed by atoms with Crippen LogP contribution >= 0.6 is 0 Å². The molecular weight excluding hydrogens is 226 g/mol. The average molecular weight is 247 g/mol. The van der Waals surface area contributed by atoms with Crippen LogP contribution < -0.4 is 0 Å². The van der Waals surface area contributed by atoms with E-state index >= 15 is 0 Å². The molecule has 3 nitrogen and oxygen atoms in total. The predicted octanol–water partition coefficient (Wildman–Crippen LogP) is 2.96. The summed E-state index contributed by atoms with van der Waals surface area (Å²) in [7, 11) is 0. The molecule has 0 spiro atoms. The Morgan fingerprint density at radius 3 is 2.67 bits per heavy atom. The number of aromatic hydroxyl groups is 1. The minimum absolute atomic E-state index is 0.0552. The first-order valence-corrected chi connectivity index (χ1v) is 6.60. The summed E-state index contributed by atoms with van der Waals surface area (Å²) in [6.07, 6.45) is 2.21. The number of benzene rings is 1. The molecule has 0 unspecified atom stereocenters. The molecule has 1 N–H and O–H groups in total. The van der Waals surface area contributed by atoms with Crippen LogP contribution in [-0.4, -0.2) is 28.5 Å². The third-order valence-electron chi connectivity index (χ3n) is 3.35. The molecular formula is C15H21NO2. The van der Waals surface area contributed by atoms with Gasteiger partial charge in [-0.1, -0.05) is 19.9 Å². The van der Waals surface area contributed by atoms with E-state index in [2.05, 4.69) is 13.8 Å². The first-order valence-electron chi connectivity index (χ1n) is 6.60. The SMILES string of the molecule is Cc1c(O)cccc1C(=O)N(CC(C)C)C1CC1. The lowest BCUT2D eigenvalue weighted by molar-refractivity contribution is 0.0721. The van der Waals surface area contributed by atoms with E-state index in [1.807, 2.05) is 4.90 Å². The van der Waals surface area contributed by atoms with Crippen molar-refractivity contribution in [3.05, 3.63) is 29.3 Å². The standard InChI is InChI=1S/C15H21NO2/c1-10(2)9-16(12-7-8-12)15(18)13-5-4-6-14(17)11(13)3/h4-6,10,12,17H,7-9H2,1-3H3. The van der Waals surface area contributed by atoms with Crippen LogP contribution in [0.2, 0.25) is 0 Å². The average Bonchev–Trinajstić information content (AvgIpc) is 3.12. The van der Waals surface area contributed by atoms with E-state index in [1.165, 1.54) is 0 Å². The number of phenols is 1. The quantitative estimate of drug-likeness (QED) is 0.888. The molecule has 3 heteroatoms. The fourth-order valence-electron chi connectivity index (χ4n) is 2.19. The molecule has 1 aliphatic rings. The van der Waals surface area contributed by atoms with Gasteiger partial charge in [0.15, 0.2) is 0 Å². The van der Waals surface area contributed by atoms with Gasteiger partial charge in [-0.2, -0.15) is 0 Å².